The van der Waals surface area contributed by atoms with Crippen molar-refractivity contribution >= 4 is 5.69 Å². The van der Waals surface area contributed by atoms with Gasteiger partial charge in [-0.3, -0.25) is 10.1 Å². The van der Waals surface area contributed by atoms with E-state index in [1.807, 2.05) is 6.07 Å². The number of nitriles is 1. The van der Waals surface area contributed by atoms with Crippen molar-refractivity contribution in [3.63, 3.8) is 0 Å². The van der Waals surface area contributed by atoms with E-state index in [1.54, 1.807) is 0 Å². The summed E-state index contributed by atoms with van der Waals surface area (Å²) in [5.74, 6) is -0.947. The van der Waals surface area contributed by atoms with E-state index in [4.69, 9.17) is 15.1 Å². The summed E-state index contributed by atoms with van der Waals surface area (Å²) in [4.78, 5) is 10.2. The average molecular weight is 288 g/mol. The van der Waals surface area contributed by atoms with E-state index in [0.29, 0.717) is 5.56 Å². The van der Waals surface area contributed by atoms with Crippen LogP contribution in [0.4, 0.5) is 10.1 Å². The highest BCUT2D eigenvalue weighted by molar-refractivity contribution is 5.52. The summed E-state index contributed by atoms with van der Waals surface area (Å²) in [5.41, 5.74) is 0.166. The third-order valence-corrected chi connectivity index (χ3v) is 2.69. The first-order valence-electron chi connectivity index (χ1n) is 5.81. The van der Waals surface area contributed by atoms with Gasteiger partial charge in [0.2, 0.25) is 5.75 Å². The zero-order chi connectivity index (χ0) is 15.4. The standard InChI is InChI=1S/C14H9FN2O4/c15-11-2-3-12(17(19)20)14(6-11)21-13-4-1-9(8-18)5-10(13)7-16/h1-6,18H,8H2. The number of aliphatic hydroxyl groups is 1. The van der Waals surface area contributed by atoms with E-state index in [-0.39, 0.29) is 23.7 Å². The van der Waals surface area contributed by atoms with Crippen molar-refractivity contribution in [2.45, 2.75) is 6.61 Å². The fraction of sp³-hybridized carbons (Fsp3) is 0.0714. The molecule has 0 amide bonds. The van der Waals surface area contributed by atoms with Crippen LogP contribution >= 0.6 is 0 Å². The van der Waals surface area contributed by atoms with Crippen LogP contribution in [0.3, 0.4) is 0 Å². The van der Waals surface area contributed by atoms with Gasteiger partial charge in [0.25, 0.3) is 0 Å². The Hall–Kier alpha value is -2.98. The number of nitrogens with zero attached hydrogens (tertiary/aromatic N) is 2. The minimum Gasteiger partial charge on any atom is -0.449 e. The summed E-state index contributed by atoms with van der Waals surface area (Å²) < 4.78 is 18.5. The molecule has 0 aliphatic rings. The van der Waals surface area contributed by atoms with Crippen molar-refractivity contribution in [2.75, 3.05) is 0 Å². The largest absolute Gasteiger partial charge is 0.449 e. The second-order valence-electron chi connectivity index (χ2n) is 4.07. The lowest BCUT2D eigenvalue weighted by molar-refractivity contribution is -0.385. The maximum Gasteiger partial charge on any atom is 0.311 e. The fourth-order valence-electron chi connectivity index (χ4n) is 1.69. The number of nitro benzene ring substituents is 1. The summed E-state index contributed by atoms with van der Waals surface area (Å²) in [6.07, 6.45) is 0. The molecule has 0 saturated carbocycles. The van der Waals surface area contributed by atoms with E-state index in [0.717, 1.165) is 18.2 Å². The van der Waals surface area contributed by atoms with Gasteiger partial charge in [0.05, 0.1) is 17.1 Å². The van der Waals surface area contributed by atoms with Gasteiger partial charge in [0, 0.05) is 12.1 Å². The highest BCUT2D eigenvalue weighted by atomic mass is 19.1. The van der Waals surface area contributed by atoms with Crippen LogP contribution in [0.5, 0.6) is 11.5 Å². The van der Waals surface area contributed by atoms with E-state index in [1.165, 1.54) is 18.2 Å². The molecule has 0 radical (unpaired) electrons. The van der Waals surface area contributed by atoms with Crippen molar-refractivity contribution in [3.05, 3.63) is 63.5 Å². The van der Waals surface area contributed by atoms with Crippen molar-refractivity contribution in [1.82, 2.24) is 0 Å². The molecule has 0 fully saturated rings. The first kappa shape index (κ1) is 14.4. The lowest BCUT2D eigenvalue weighted by atomic mass is 10.1. The molecule has 0 heterocycles. The number of nitro groups is 1. The van der Waals surface area contributed by atoms with Gasteiger partial charge >= 0.3 is 5.69 Å². The Labute approximate surface area is 118 Å². The average Bonchev–Trinajstić information content (AvgIpc) is 2.47. The zero-order valence-corrected chi connectivity index (χ0v) is 10.6. The minimum atomic E-state index is -0.705. The Bertz CT molecular complexity index is 740. The molecule has 0 atom stereocenters. The van der Waals surface area contributed by atoms with E-state index in [9.17, 15) is 14.5 Å². The summed E-state index contributed by atoms with van der Waals surface area (Å²) >= 11 is 0. The first-order chi connectivity index (χ1) is 10.0. The summed E-state index contributed by atoms with van der Waals surface area (Å²) in [5, 5.41) is 28.9. The highest BCUT2D eigenvalue weighted by Gasteiger charge is 2.18. The maximum atomic E-state index is 13.2. The molecule has 0 bridgehead atoms. The number of benzene rings is 2. The van der Waals surface area contributed by atoms with Crippen LogP contribution in [0.1, 0.15) is 11.1 Å². The molecule has 2 aromatic carbocycles. The SMILES string of the molecule is N#Cc1cc(CO)ccc1Oc1cc(F)ccc1[N+](=O)[O-]. The van der Waals surface area contributed by atoms with Crippen LogP contribution in [0.15, 0.2) is 36.4 Å². The van der Waals surface area contributed by atoms with Crippen LogP contribution in [0, 0.1) is 27.3 Å². The highest BCUT2D eigenvalue weighted by Crippen LogP contribution is 2.33. The molecule has 2 aromatic rings. The van der Waals surface area contributed by atoms with Crippen LogP contribution in [0.25, 0.3) is 0 Å². The second-order valence-corrected chi connectivity index (χ2v) is 4.07. The van der Waals surface area contributed by atoms with Crippen LogP contribution in [0.2, 0.25) is 0 Å². The monoisotopic (exact) mass is 288 g/mol. The van der Waals surface area contributed by atoms with E-state index >= 15 is 0 Å². The van der Waals surface area contributed by atoms with Gasteiger partial charge in [-0.2, -0.15) is 5.26 Å². The van der Waals surface area contributed by atoms with Gasteiger partial charge in [0.15, 0.2) is 0 Å². The fourth-order valence-corrected chi connectivity index (χ4v) is 1.69. The normalized spacial score (nSPS) is 9.95. The van der Waals surface area contributed by atoms with Gasteiger partial charge in [-0.05, 0) is 23.8 Å². The molecule has 0 aromatic heterocycles. The van der Waals surface area contributed by atoms with Gasteiger partial charge in [0.1, 0.15) is 17.6 Å². The molecule has 7 heteroatoms. The van der Waals surface area contributed by atoms with Crippen LogP contribution < -0.4 is 4.74 Å². The molecule has 106 valence electrons. The van der Waals surface area contributed by atoms with Crippen LogP contribution in [-0.2, 0) is 6.61 Å². The molecule has 0 saturated heterocycles. The molecule has 21 heavy (non-hydrogen) atoms. The number of hydrogen-bond acceptors (Lipinski definition) is 5. The smallest absolute Gasteiger partial charge is 0.311 e. The number of hydrogen-bond donors (Lipinski definition) is 1. The van der Waals surface area contributed by atoms with E-state index in [2.05, 4.69) is 0 Å². The molecule has 1 N–H and O–H groups in total. The van der Waals surface area contributed by atoms with E-state index < -0.39 is 16.4 Å². The third kappa shape index (κ3) is 3.13. The number of halogens is 1. The van der Waals surface area contributed by atoms with Crippen molar-refractivity contribution in [3.8, 4) is 17.6 Å². The summed E-state index contributed by atoms with van der Waals surface area (Å²) in [7, 11) is 0. The predicted molar refractivity (Wildman–Crippen MR) is 70.2 cm³/mol. The first-order valence-corrected chi connectivity index (χ1v) is 5.81. The van der Waals surface area contributed by atoms with Crippen LogP contribution in [-0.4, -0.2) is 10.0 Å². The quantitative estimate of drug-likeness (QED) is 0.689. The lowest BCUT2D eigenvalue weighted by Gasteiger charge is -2.09. The van der Waals surface area contributed by atoms with Gasteiger partial charge in [-0.15, -0.1) is 0 Å². The lowest BCUT2D eigenvalue weighted by Crippen LogP contribution is -1.96. The molecule has 0 spiro atoms. The van der Waals surface area contributed by atoms with Gasteiger partial charge in [-0.25, -0.2) is 4.39 Å². The zero-order valence-electron chi connectivity index (χ0n) is 10.6. The Morgan fingerprint density at radius 3 is 2.67 bits per heavy atom. The Morgan fingerprint density at radius 2 is 2.05 bits per heavy atom. The number of ether oxygens (including phenoxy) is 1. The maximum absolute atomic E-state index is 13.2. The number of aliphatic hydroxyl groups excluding tert-OH is 1. The molecule has 0 unspecified atom stereocenters. The van der Waals surface area contributed by atoms with Gasteiger partial charge < -0.3 is 9.84 Å². The predicted octanol–water partition coefficient (Wildman–Crippen LogP) is 2.89. The van der Waals surface area contributed by atoms with Gasteiger partial charge in [-0.1, -0.05) is 6.07 Å². The molecular formula is C14H9FN2O4. The molecule has 0 aliphatic heterocycles. The molecule has 2 rings (SSSR count). The Kier molecular flexibility index (Phi) is 4.11. The Balaban J connectivity index is 2.45. The summed E-state index contributed by atoms with van der Waals surface area (Å²) in [6.45, 7) is -0.255. The van der Waals surface area contributed by atoms with Crippen molar-refractivity contribution in [1.29, 1.82) is 5.26 Å². The third-order valence-electron chi connectivity index (χ3n) is 2.69. The second kappa shape index (κ2) is 5.98. The molecule has 6 nitrogen and oxygen atoms in total. The number of rotatable bonds is 4. The summed E-state index contributed by atoms with van der Waals surface area (Å²) in [6, 6.07) is 8.94. The van der Waals surface area contributed by atoms with Crippen molar-refractivity contribution < 1.29 is 19.2 Å². The topological polar surface area (TPSA) is 96.4 Å². The molecule has 0 aliphatic carbocycles. The van der Waals surface area contributed by atoms with Crippen molar-refractivity contribution in [2.24, 2.45) is 0 Å². The molecular weight excluding hydrogens is 279 g/mol. The minimum absolute atomic E-state index is 0.0448. The Morgan fingerprint density at radius 1 is 1.29 bits per heavy atom.